The lowest BCUT2D eigenvalue weighted by atomic mass is 10.0. The Balaban J connectivity index is 3.08. The number of carboxylic acids is 1. The Morgan fingerprint density at radius 3 is 2.30 bits per heavy atom. The number of rotatable bonds is 3. The number of carbonyl (C=O) groups is 2. The van der Waals surface area contributed by atoms with Gasteiger partial charge in [-0.1, -0.05) is 6.07 Å². The molecule has 0 saturated carbocycles. The average molecular weight is 290 g/mol. The van der Waals surface area contributed by atoms with E-state index in [9.17, 15) is 22.8 Å². The Hall–Kier alpha value is -2.09. The summed E-state index contributed by atoms with van der Waals surface area (Å²) in [6, 6.07) is 3.72. The number of carbonyl (C=O) groups excluding carboxylic acids is 1. The summed E-state index contributed by atoms with van der Waals surface area (Å²) in [5.41, 5.74) is 2.14. The van der Waals surface area contributed by atoms with E-state index < -0.39 is 23.6 Å². The van der Waals surface area contributed by atoms with Crippen LogP contribution in [0.5, 0.6) is 0 Å². The monoisotopic (exact) mass is 290 g/mol. The zero-order valence-electron chi connectivity index (χ0n) is 10.7. The number of anilines is 1. The second-order valence-corrected chi connectivity index (χ2v) is 4.49. The summed E-state index contributed by atoms with van der Waals surface area (Å²) < 4.78 is 37.8. The van der Waals surface area contributed by atoms with Crippen molar-refractivity contribution < 1.29 is 27.9 Å². The van der Waals surface area contributed by atoms with Crippen LogP contribution in [0.15, 0.2) is 18.2 Å². The summed E-state index contributed by atoms with van der Waals surface area (Å²) >= 11 is 0. The van der Waals surface area contributed by atoms with Crippen molar-refractivity contribution in [1.82, 2.24) is 0 Å². The smallest absolute Gasteiger partial charge is 0.415 e. The van der Waals surface area contributed by atoms with Crippen LogP contribution >= 0.6 is 0 Å². The molecule has 0 saturated heterocycles. The number of nitrogens with two attached hydrogens (primary N) is 1. The van der Waals surface area contributed by atoms with E-state index in [4.69, 9.17) is 10.8 Å². The normalized spacial score (nSPS) is 14.5. The fourth-order valence-corrected chi connectivity index (χ4v) is 1.27. The molecule has 1 aromatic rings. The van der Waals surface area contributed by atoms with Crippen molar-refractivity contribution >= 4 is 17.6 Å². The molecule has 0 aliphatic heterocycles. The predicted octanol–water partition coefficient (Wildman–Crippen LogP) is 1.91. The SMILES string of the molecule is Cc1ccc(C(=O)O)cc1NC(=O)C(C)(N)C(F)(F)F. The second-order valence-electron chi connectivity index (χ2n) is 4.49. The molecule has 1 unspecified atom stereocenters. The molecular formula is C12H13F3N2O3. The van der Waals surface area contributed by atoms with Crippen molar-refractivity contribution in [2.24, 2.45) is 5.73 Å². The average Bonchev–Trinajstić information content (AvgIpc) is 2.29. The number of hydrogen-bond acceptors (Lipinski definition) is 3. The Morgan fingerprint density at radius 1 is 1.30 bits per heavy atom. The van der Waals surface area contributed by atoms with Gasteiger partial charge in [-0.05, 0) is 31.5 Å². The number of aryl methyl sites for hydroxylation is 1. The number of benzene rings is 1. The van der Waals surface area contributed by atoms with Gasteiger partial charge in [0.25, 0.3) is 5.91 Å². The third-order valence-electron chi connectivity index (χ3n) is 2.79. The highest BCUT2D eigenvalue weighted by atomic mass is 19.4. The molecule has 8 heteroatoms. The minimum Gasteiger partial charge on any atom is -0.478 e. The Bertz CT molecular complexity index is 553. The first kappa shape index (κ1) is 16.0. The van der Waals surface area contributed by atoms with Crippen LogP contribution in [-0.4, -0.2) is 28.7 Å². The molecule has 4 N–H and O–H groups in total. The third kappa shape index (κ3) is 3.08. The van der Waals surface area contributed by atoms with E-state index in [1.165, 1.54) is 19.1 Å². The summed E-state index contributed by atoms with van der Waals surface area (Å²) in [6.45, 7) is 2.06. The van der Waals surface area contributed by atoms with Crippen molar-refractivity contribution in [3.05, 3.63) is 29.3 Å². The number of aromatic carboxylic acids is 1. The Morgan fingerprint density at radius 2 is 1.85 bits per heavy atom. The largest absolute Gasteiger partial charge is 0.478 e. The molecule has 0 aromatic heterocycles. The van der Waals surface area contributed by atoms with Crippen LogP contribution < -0.4 is 11.1 Å². The van der Waals surface area contributed by atoms with Crippen LogP contribution in [0.1, 0.15) is 22.8 Å². The molecule has 0 heterocycles. The van der Waals surface area contributed by atoms with Gasteiger partial charge in [0.2, 0.25) is 0 Å². The fraction of sp³-hybridized carbons (Fsp3) is 0.333. The molecule has 0 fully saturated rings. The molecule has 0 spiro atoms. The first-order valence-corrected chi connectivity index (χ1v) is 5.48. The number of amides is 1. The van der Waals surface area contributed by atoms with Crippen LogP contribution in [0.2, 0.25) is 0 Å². The van der Waals surface area contributed by atoms with Gasteiger partial charge in [-0.15, -0.1) is 0 Å². The molecule has 0 aliphatic carbocycles. The molecule has 1 aromatic carbocycles. The van der Waals surface area contributed by atoms with E-state index in [2.05, 4.69) is 0 Å². The number of hydrogen-bond donors (Lipinski definition) is 3. The van der Waals surface area contributed by atoms with E-state index in [-0.39, 0.29) is 11.3 Å². The number of nitrogens with one attached hydrogen (secondary N) is 1. The van der Waals surface area contributed by atoms with Gasteiger partial charge >= 0.3 is 12.1 Å². The van der Waals surface area contributed by atoms with E-state index in [1.54, 1.807) is 0 Å². The minimum atomic E-state index is -4.92. The highest BCUT2D eigenvalue weighted by molar-refractivity contribution is 6.00. The van der Waals surface area contributed by atoms with Crippen LogP contribution in [0, 0.1) is 6.92 Å². The molecule has 20 heavy (non-hydrogen) atoms. The summed E-state index contributed by atoms with van der Waals surface area (Å²) in [7, 11) is 0. The Labute approximate surface area is 112 Å². The summed E-state index contributed by atoms with van der Waals surface area (Å²) in [5.74, 6) is -2.72. The molecule has 1 atom stereocenters. The van der Waals surface area contributed by atoms with E-state index in [0.29, 0.717) is 12.5 Å². The molecule has 0 radical (unpaired) electrons. The van der Waals surface area contributed by atoms with Gasteiger partial charge in [0.05, 0.1) is 5.56 Å². The lowest BCUT2D eigenvalue weighted by Crippen LogP contribution is -2.59. The van der Waals surface area contributed by atoms with Crippen molar-refractivity contribution in [3.8, 4) is 0 Å². The first-order chi connectivity index (χ1) is 8.96. The van der Waals surface area contributed by atoms with Crippen LogP contribution in [-0.2, 0) is 4.79 Å². The number of carboxylic acid groups (broad SMARTS) is 1. The van der Waals surface area contributed by atoms with Crippen LogP contribution in [0.4, 0.5) is 18.9 Å². The molecule has 1 rings (SSSR count). The maximum atomic E-state index is 12.6. The highest BCUT2D eigenvalue weighted by Crippen LogP contribution is 2.29. The van der Waals surface area contributed by atoms with Gasteiger partial charge in [-0.2, -0.15) is 13.2 Å². The van der Waals surface area contributed by atoms with Gasteiger partial charge in [0, 0.05) is 5.69 Å². The van der Waals surface area contributed by atoms with Crippen molar-refractivity contribution in [2.75, 3.05) is 5.32 Å². The van der Waals surface area contributed by atoms with Gasteiger partial charge < -0.3 is 16.2 Å². The molecule has 0 bridgehead atoms. The van der Waals surface area contributed by atoms with Gasteiger partial charge in [0.15, 0.2) is 5.54 Å². The zero-order valence-corrected chi connectivity index (χ0v) is 10.7. The van der Waals surface area contributed by atoms with Gasteiger partial charge in [-0.25, -0.2) is 4.79 Å². The standard InChI is InChI=1S/C12H13F3N2O3/c1-6-3-4-7(9(18)19)5-8(6)17-10(20)11(2,16)12(13,14)15/h3-5H,16H2,1-2H3,(H,17,20)(H,18,19). The highest BCUT2D eigenvalue weighted by Gasteiger charge is 2.54. The predicted molar refractivity (Wildman–Crippen MR) is 65.4 cm³/mol. The molecule has 0 aliphatic rings. The number of alkyl halides is 3. The quantitative estimate of drug-likeness (QED) is 0.793. The van der Waals surface area contributed by atoms with Crippen molar-refractivity contribution in [2.45, 2.75) is 25.6 Å². The molecule has 5 nitrogen and oxygen atoms in total. The van der Waals surface area contributed by atoms with Crippen molar-refractivity contribution in [3.63, 3.8) is 0 Å². The van der Waals surface area contributed by atoms with Crippen LogP contribution in [0.25, 0.3) is 0 Å². The lowest BCUT2D eigenvalue weighted by Gasteiger charge is -2.26. The third-order valence-corrected chi connectivity index (χ3v) is 2.79. The number of halogens is 3. The van der Waals surface area contributed by atoms with Crippen molar-refractivity contribution in [1.29, 1.82) is 0 Å². The fourth-order valence-electron chi connectivity index (χ4n) is 1.27. The topological polar surface area (TPSA) is 92.4 Å². The van der Waals surface area contributed by atoms with E-state index in [0.717, 1.165) is 6.07 Å². The second kappa shape index (κ2) is 5.12. The molecule has 1 amide bonds. The Kier molecular flexibility index (Phi) is 4.09. The summed E-state index contributed by atoms with van der Waals surface area (Å²) in [6.07, 6.45) is -4.92. The zero-order chi connectivity index (χ0) is 15.7. The van der Waals surface area contributed by atoms with Gasteiger partial charge in [-0.3, -0.25) is 4.79 Å². The maximum Gasteiger partial charge on any atom is 0.415 e. The molecular weight excluding hydrogens is 277 g/mol. The first-order valence-electron chi connectivity index (χ1n) is 5.48. The maximum absolute atomic E-state index is 12.6. The minimum absolute atomic E-state index is 0.0316. The van der Waals surface area contributed by atoms with E-state index in [1.807, 2.05) is 5.32 Å². The van der Waals surface area contributed by atoms with E-state index >= 15 is 0 Å². The summed E-state index contributed by atoms with van der Waals surface area (Å²) in [5, 5.41) is 10.8. The molecule has 110 valence electrons. The van der Waals surface area contributed by atoms with Crippen LogP contribution in [0.3, 0.4) is 0 Å². The van der Waals surface area contributed by atoms with Gasteiger partial charge in [0.1, 0.15) is 0 Å². The summed E-state index contributed by atoms with van der Waals surface area (Å²) in [4.78, 5) is 22.4. The lowest BCUT2D eigenvalue weighted by molar-refractivity contribution is -0.184.